The van der Waals surface area contributed by atoms with Crippen molar-refractivity contribution >= 4 is 16.9 Å². The van der Waals surface area contributed by atoms with Crippen molar-refractivity contribution in [1.82, 2.24) is 4.57 Å². The molecular weight excluding hydrogens is 230 g/mol. The molecule has 0 saturated heterocycles. The molecule has 0 aliphatic rings. The molecule has 0 aliphatic carbocycles. The summed E-state index contributed by atoms with van der Waals surface area (Å²) in [6, 6.07) is 7.78. The van der Waals surface area contributed by atoms with Crippen LogP contribution in [0, 0.1) is 6.92 Å². The van der Waals surface area contributed by atoms with E-state index >= 15 is 0 Å². The van der Waals surface area contributed by atoms with Gasteiger partial charge in [-0.25, -0.2) is 4.79 Å². The zero-order valence-corrected chi connectivity index (χ0v) is 10.7. The summed E-state index contributed by atoms with van der Waals surface area (Å²) in [7, 11) is 0. The highest BCUT2D eigenvalue weighted by Crippen LogP contribution is 2.28. The summed E-state index contributed by atoms with van der Waals surface area (Å²) in [6.07, 6.45) is -1.49. The number of hydrogen-bond donors (Lipinski definition) is 2. The van der Waals surface area contributed by atoms with Crippen LogP contribution in [0.3, 0.4) is 0 Å². The molecule has 4 heteroatoms. The number of carboxylic acid groups (broad SMARTS) is 1. The van der Waals surface area contributed by atoms with Gasteiger partial charge < -0.3 is 14.8 Å². The third kappa shape index (κ3) is 1.99. The summed E-state index contributed by atoms with van der Waals surface area (Å²) in [5, 5.41) is 19.7. The van der Waals surface area contributed by atoms with Gasteiger partial charge in [0.05, 0.1) is 5.69 Å². The first kappa shape index (κ1) is 12.6. The fourth-order valence-corrected chi connectivity index (χ4v) is 2.29. The zero-order valence-electron chi connectivity index (χ0n) is 10.7. The van der Waals surface area contributed by atoms with Gasteiger partial charge in [0.15, 0.2) is 6.10 Å². The van der Waals surface area contributed by atoms with E-state index in [0.717, 1.165) is 16.5 Å². The Hall–Kier alpha value is -1.81. The van der Waals surface area contributed by atoms with Crippen molar-refractivity contribution in [3.63, 3.8) is 0 Å². The van der Waals surface area contributed by atoms with Crippen LogP contribution in [0.15, 0.2) is 24.3 Å². The molecule has 0 aliphatic heterocycles. The van der Waals surface area contributed by atoms with E-state index in [4.69, 9.17) is 5.11 Å². The third-order valence-corrected chi connectivity index (χ3v) is 3.05. The Labute approximate surface area is 105 Å². The van der Waals surface area contributed by atoms with Gasteiger partial charge in [-0.15, -0.1) is 0 Å². The number of aromatic nitrogens is 1. The highest BCUT2D eigenvalue weighted by atomic mass is 16.4. The number of fused-ring (bicyclic) bond motifs is 1. The Morgan fingerprint density at radius 1 is 1.28 bits per heavy atom. The molecule has 18 heavy (non-hydrogen) atoms. The highest BCUT2D eigenvalue weighted by Gasteiger charge is 2.23. The molecule has 0 bridgehead atoms. The molecule has 4 nitrogen and oxygen atoms in total. The van der Waals surface area contributed by atoms with E-state index in [0.29, 0.717) is 5.69 Å². The summed E-state index contributed by atoms with van der Waals surface area (Å²) >= 11 is 0. The summed E-state index contributed by atoms with van der Waals surface area (Å²) in [5.74, 6) is -1.23. The third-order valence-electron chi connectivity index (χ3n) is 3.05. The van der Waals surface area contributed by atoms with Crippen molar-refractivity contribution in [3.8, 4) is 0 Å². The molecule has 1 aromatic carbocycles. The summed E-state index contributed by atoms with van der Waals surface area (Å²) in [4.78, 5) is 11.0. The van der Waals surface area contributed by atoms with Gasteiger partial charge in [-0.1, -0.05) is 11.6 Å². The second-order valence-corrected chi connectivity index (χ2v) is 4.84. The van der Waals surface area contributed by atoms with Gasteiger partial charge >= 0.3 is 5.97 Å². The molecule has 0 fully saturated rings. The van der Waals surface area contributed by atoms with Crippen LogP contribution in [0.5, 0.6) is 0 Å². The maximum absolute atomic E-state index is 11.0. The van der Waals surface area contributed by atoms with Gasteiger partial charge in [0, 0.05) is 16.9 Å². The van der Waals surface area contributed by atoms with Gasteiger partial charge in [-0.05, 0) is 39.0 Å². The van der Waals surface area contributed by atoms with Crippen molar-refractivity contribution in [2.45, 2.75) is 32.9 Å². The topological polar surface area (TPSA) is 62.5 Å². The molecule has 1 heterocycles. The van der Waals surface area contributed by atoms with Gasteiger partial charge in [-0.2, -0.15) is 0 Å². The lowest BCUT2D eigenvalue weighted by molar-refractivity contribution is -0.147. The zero-order chi connectivity index (χ0) is 13.4. The number of benzene rings is 1. The molecule has 2 aromatic rings. The second kappa shape index (κ2) is 4.46. The quantitative estimate of drug-likeness (QED) is 0.876. The maximum atomic E-state index is 11.0. The number of rotatable bonds is 3. The average molecular weight is 247 g/mol. The predicted octanol–water partition coefficient (Wildman–Crippen LogP) is 2.65. The SMILES string of the molecule is Cc1ccc2c(c1)cc(C(O)C(=O)O)n2C(C)C. The number of aryl methyl sites for hydroxylation is 1. The monoisotopic (exact) mass is 247 g/mol. The van der Waals surface area contributed by atoms with E-state index < -0.39 is 12.1 Å². The van der Waals surface area contributed by atoms with Crippen molar-refractivity contribution in [2.75, 3.05) is 0 Å². The Kier molecular flexibility index (Phi) is 3.13. The Morgan fingerprint density at radius 3 is 2.50 bits per heavy atom. The van der Waals surface area contributed by atoms with Crippen LogP contribution in [0.4, 0.5) is 0 Å². The molecule has 1 unspecified atom stereocenters. The van der Waals surface area contributed by atoms with Crippen LogP contribution >= 0.6 is 0 Å². The van der Waals surface area contributed by atoms with Gasteiger partial charge in [0.1, 0.15) is 0 Å². The van der Waals surface area contributed by atoms with E-state index in [2.05, 4.69) is 0 Å². The van der Waals surface area contributed by atoms with E-state index in [1.165, 1.54) is 0 Å². The minimum Gasteiger partial charge on any atom is -0.479 e. The van der Waals surface area contributed by atoms with Crippen LogP contribution < -0.4 is 0 Å². The number of carboxylic acids is 1. The summed E-state index contributed by atoms with van der Waals surface area (Å²) < 4.78 is 1.87. The molecule has 2 rings (SSSR count). The lowest BCUT2D eigenvalue weighted by Gasteiger charge is -2.16. The fraction of sp³-hybridized carbons (Fsp3) is 0.357. The molecule has 96 valence electrons. The van der Waals surface area contributed by atoms with E-state index in [-0.39, 0.29) is 6.04 Å². The Morgan fingerprint density at radius 2 is 1.94 bits per heavy atom. The maximum Gasteiger partial charge on any atom is 0.338 e. The summed E-state index contributed by atoms with van der Waals surface area (Å²) in [6.45, 7) is 5.92. The first-order chi connectivity index (χ1) is 8.41. The van der Waals surface area contributed by atoms with Crippen molar-refractivity contribution in [3.05, 3.63) is 35.5 Å². The van der Waals surface area contributed by atoms with E-state index in [1.807, 2.05) is 43.5 Å². The number of aliphatic hydroxyl groups excluding tert-OH is 1. The van der Waals surface area contributed by atoms with E-state index in [1.54, 1.807) is 6.07 Å². The molecule has 1 atom stereocenters. The van der Waals surface area contributed by atoms with E-state index in [9.17, 15) is 9.90 Å². The van der Waals surface area contributed by atoms with Crippen LogP contribution in [0.25, 0.3) is 10.9 Å². The first-order valence-corrected chi connectivity index (χ1v) is 5.94. The van der Waals surface area contributed by atoms with Crippen LogP contribution in [-0.4, -0.2) is 20.7 Å². The smallest absolute Gasteiger partial charge is 0.338 e. The van der Waals surface area contributed by atoms with Gasteiger partial charge in [0.2, 0.25) is 0 Å². The highest BCUT2D eigenvalue weighted by molar-refractivity contribution is 5.85. The van der Waals surface area contributed by atoms with Crippen molar-refractivity contribution in [1.29, 1.82) is 0 Å². The molecule has 0 saturated carbocycles. The fourth-order valence-electron chi connectivity index (χ4n) is 2.29. The number of hydrogen-bond acceptors (Lipinski definition) is 2. The minimum absolute atomic E-state index is 0.0919. The average Bonchev–Trinajstić information content (AvgIpc) is 2.65. The predicted molar refractivity (Wildman–Crippen MR) is 69.7 cm³/mol. The number of aliphatic carboxylic acids is 1. The van der Waals surface area contributed by atoms with Crippen LogP contribution in [0.1, 0.15) is 37.3 Å². The molecule has 0 radical (unpaired) electrons. The summed E-state index contributed by atoms with van der Waals surface area (Å²) in [5.41, 5.74) is 2.49. The number of carbonyl (C=O) groups is 1. The Balaban J connectivity index is 2.72. The molecule has 2 N–H and O–H groups in total. The molecule has 0 amide bonds. The normalized spacial score (nSPS) is 13.2. The molecular formula is C14H17NO3. The largest absolute Gasteiger partial charge is 0.479 e. The first-order valence-electron chi connectivity index (χ1n) is 5.94. The minimum atomic E-state index is -1.49. The van der Waals surface area contributed by atoms with Gasteiger partial charge in [-0.3, -0.25) is 0 Å². The van der Waals surface area contributed by atoms with Crippen LogP contribution in [0.2, 0.25) is 0 Å². The van der Waals surface area contributed by atoms with Crippen molar-refractivity contribution < 1.29 is 15.0 Å². The number of aliphatic hydroxyl groups is 1. The lowest BCUT2D eigenvalue weighted by Crippen LogP contribution is -2.16. The standard InChI is InChI=1S/C14H17NO3/c1-8(2)15-11-5-4-9(3)6-10(11)7-12(15)13(16)14(17)18/h4-8,13,16H,1-3H3,(H,17,18). The molecule has 1 aromatic heterocycles. The van der Waals surface area contributed by atoms with Gasteiger partial charge in [0.25, 0.3) is 0 Å². The second-order valence-electron chi connectivity index (χ2n) is 4.84. The van der Waals surface area contributed by atoms with Crippen molar-refractivity contribution in [2.24, 2.45) is 0 Å². The molecule has 0 spiro atoms. The number of nitrogens with zero attached hydrogens (tertiary/aromatic N) is 1. The lowest BCUT2D eigenvalue weighted by atomic mass is 10.2. The van der Waals surface area contributed by atoms with Crippen LogP contribution in [-0.2, 0) is 4.79 Å². The Bertz CT molecular complexity index is 598.